The maximum atomic E-state index is 9.43. The molecule has 4 spiro atoms. The lowest BCUT2D eigenvalue weighted by Crippen LogP contribution is -2.31. The van der Waals surface area contributed by atoms with E-state index >= 15 is 0 Å². The van der Waals surface area contributed by atoms with E-state index < -0.39 is 0 Å². The predicted molar refractivity (Wildman–Crippen MR) is 513 cm³/mol. The summed E-state index contributed by atoms with van der Waals surface area (Å²) in [5, 5.41) is 37.4. The molecule has 4 aliphatic carbocycles. The first-order valence-electron chi connectivity index (χ1n) is 44.1. The number of benzene rings is 8. The molecule has 8 aromatic rings. The van der Waals surface area contributed by atoms with Gasteiger partial charge in [0, 0.05) is 98.4 Å². The lowest BCUT2D eigenvalue weighted by Gasteiger charge is -2.35. The summed E-state index contributed by atoms with van der Waals surface area (Å²) in [4.78, 5) is 22.5. The van der Waals surface area contributed by atoms with Crippen molar-refractivity contribution in [3.63, 3.8) is 0 Å². The Morgan fingerprint density at radius 2 is 0.555 bits per heavy atom. The number of hydrogen-bond donors (Lipinski definition) is 0. The van der Waals surface area contributed by atoms with Crippen molar-refractivity contribution in [1.82, 2.24) is 0 Å². The minimum Gasteiger partial charge on any atom is -0.497 e. The van der Waals surface area contributed by atoms with Gasteiger partial charge in [0.25, 0.3) is 22.8 Å². The van der Waals surface area contributed by atoms with E-state index in [1.807, 2.05) is 177 Å². The second kappa shape index (κ2) is 43.4. The fraction of sp³-hybridized carbons (Fsp3) is 0.279. The highest BCUT2D eigenvalue weighted by molar-refractivity contribution is 5.77. The quantitative estimate of drug-likeness (QED) is 0.0554. The number of anilines is 8. The SMILES string of the molecule is [C-]#[N+]/C(C#N)=C1C=C(/C=C/c2ccc(N(C)c3ccc(OC)cc3)cc2)OC2(CCCC2)C\1.[C-]#[N+]/C(C#N)=C1C=C(/C=C/c2ccc(N(C)c3ccccc3)cc2)OC2(CCCC2)C\1.[C-]#[N+]/C(C#N)=C1C=C(/C=C/c2ccc(N(CC)CC)cc2)OC2(CCCC2)C\1.[C-]#[N+]/C(C#N)=C1C=C(/C=C/c2ccc(N(c3ccccc3)c3ccccc3)cc2)OC2(CCCC2)C\1. The van der Waals surface area contributed by atoms with Crippen LogP contribution in [0.1, 0.15) is 165 Å². The van der Waals surface area contributed by atoms with Crippen LogP contribution in [0.15, 0.2) is 329 Å². The Morgan fingerprint density at radius 1 is 0.328 bits per heavy atom. The summed E-state index contributed by atoms with van der Waals surface area (Å²) in [6, 6.07) is 80.7. The van der Waals surface area contributed by atoms with Crippen molar-refractivity contribution < 1.29 is 23.7 Å². The smallest absolute Gasteiger partial charge is 0.265 e. The van der Waals surface area contributed by atoms with Crippen LogP contribution in [0.4, 0.5) is 45.5 Å². The molecule has 0 saturated heterocycles. The van der Waals surface area contributed by atoms with Crippen LogP contribution in [0.5, 0.6) is 5.75 Å². The van der Waals surface area contributed by atoms with Crippen molar-refractivity contribution in [2.45, 2.75) is 165 Å². The van der Waals surface area contributed by atoms with Gasteiger partial charge in [-0.15, -0.1) is 0 Å². The van der Waals surface area contributed by atoms with Gasteiger partial charge in [0.2, 0.25) is 0 Å². The van der Waals surface area contributed by atoms with Crippen LogP contribution in [0.25, 0.3) is 43.7 Å². The summed E-state index contributed by atoms with van der Waals surface area (Å²) >= 11 is 0. The van der Waals surface area contributed by atoms with Crippen LogP contribution in [-0.2, 0) is 18.9 Å². The number of hydrogen-bond acceptors (Lipinski definition) is 13. The Morgan fingerprint density at radius 3 is 0.797 bits per heavy atom. The summed E-state index contributed by atoms with van der Waals surface area (Å²) < 4.78 is 30.7. The monoisotopic (exact) mass is 1690 g/mol. The molecule has 0 N–H and O–H groups in total. The lowest BCUT2D eigenvalue weighted by molar-refractivity contribution is 0.00743. The number of para-hydroxylation sites is 3. The van der Waals surface area contributed by atoms with Crippen molar-refractivity contribution in [2.24, 2.45) is 0 Å². The van der Waals surface area contributed by atoms with Crippen molar-refractivity contribution in [1.29, 1.82) is 21.0 Å². The van der Waals surface area contributed by atoms with Crippen LogP contribution in [0.2, 0.25) is 0 Å². The molecule has 17 nitrogen and oxygen atoms in total. The Labute approximate surface area is 755 Å². The number of nitrogens with zero attached hydrogens (tertiary/aromatic N) is 12. The second-order valence-electron chi connectivity index (χ2n) is 33.3. The number of nitriles is 4. The number of allylic oxidation sites excluding steroid dienone is 12. The molecule has 4 heterocycles. The maximum Gasteiger partial charge on any atom is 0.265 e. The zero-order valence-electron chi connectivity index (χ0n) is 73.6. The first kappa shape index (κ1) is 90.5. The second-order valence-corrected chi connectivity index (χ2v) is 33.3. The maximum absolute atomic E-state index is 9.43. The first-order chi connectivity index (χ1) is 62.5. The number of rotatable bonds is 19. The Bertz CT molecular complexity index is 5900. The zero-order chi connectivity index (χ0) is 89.7. The third-order valence-electron chi connectivity index (χ3n) is 24.9. The van der Waals surface area contributed by atoms with Crippen molar-refractivity contribution >= 4 is 69.8 Å². The van der Waals surface area contributed by atoms with Gasteiger partial charge in [-0.25, -0.2) is 40.4 Å². The molecular weight excluding hydrogens is 1580 g/mol. The van der Waals surface area contributed by atoms with E-state index in [1.165, 1.54) is 5.69 Å². The fourth-order valence-corrected chi connectivity index (χ4v) is 18.2. The van der Waals surface area contributed by atoms with E-state index in [0.29, 0.717) is 37.2 Å². The highest BCUT2D eigenvalue weighted by Gasteiger charge is 2.44. The normalized spacial score (nSPS) is 18.5. The molecule has 8 aliphatic rings. The fourth-order valence-electron chi connectivity index (χ4n) is 18.2. The summed E-state index contributed by atoms with van der Waals surface area (Å²) in [5.41, 5.74) is 16.0. The van der Waals surface area contributed by atoms with Gasteiger partial charge in [0.05, 0.1) is 57.7 Å². The standard InChI is InChI=1S/C32H27N3O.C28H27N3O2.C27H25N3O.C24H27N3O/c1-34-31(24-33)26-22-30(36-32(23-26)20-8-9-21-32)19-16-25-14-17-29(18-15-25)35(27-10-4-2-5-11-27)28-12-6-3-7-13-28;1-30-27(20-29)22-18-26(33-28(19-22)16-4-5-17-28)13-8-21-6-9-23(10-7-21)31(2)24-11-14-25(32-3)15-12-24;1-29-26(20-28)22-18-25(31-27(19-22)16-6-7-17-27)15-12-21-10-13-24(14-11-21)30(2)23-8-4-3-5-9-23;1-4-27(5-2)21-11-8-19(9-12-21)10-13-22-16-20(23(18-25)26-3)17-24(28-22)14-6-7-15-24/h2-7,10-19,22H,8-9,20-21,23H2;6-15,18H,4-5,16-17,19H2,2-3H3;3-5,8-15,18H,6-7,16-17,19H2,2H3;8-13,16H,4-7,14-15,17H2,1-2H3/b19-16+,31-26+;13-8+,27-22+;15-12+,26-22+;13-10+,23-20+. The molecule has 0 bridgehead atoms. The molecule has 17 heteroatoms. The molecule has 16 rings (SSSR count). The Hall–Kier alpha value is -15.2. The van der Waals surface area contributed by atoms with Crippen LogP contribution < -0.4 is 24.3 Å². The number of ether oxygens (including phenoxy) is 5. The average molecular weight is 1690 g/mol. The van der Waals surface area contributed by atoms with E-state index in [0.717, 1.165) is 217 Å². The largest absolute Gasteiger partial charge is 0.497 e. The predicted octanol–water partition coefficient (Wildman–Crippen LogP) is 27.9. The van der Waals surface area contributed by atoms with E-state index in [-0.39, 0.29) is 45.2 Å². The van der Waals surface area contributed by atoms with Gasteiger partial charge in [0.15, 0.2) is 0 Å². The van der Waals surface area contributed by atoms with Crippen molar-refractivity contribution in [3.05, 3.63) is 397 Å². The van der Waals surface area contributed by atoms with E-state index in [1.54, 1.807) is 7.11 Å². The molecule has 0 amide bonds. The summed E-state index contributed by atoms with van der Waals surface area (Å²) in [6.45, 7) is 35.7. The molecule has 0 radical (unpaired) electrons. The minimum atomic E-state index is -0.285. The van der Waals surface area contributed by atoms with Crippen LogP contribution >= 0.6 is 0 Å². The topological polar surface area (TPSA) is 172 Å². The van der Waals surface area contributed by atoms with Crippen LogP contribution in [0.3, 0.4) is 0 Å². The van der Waals surface area contributed by atoms with Crippen LogP contribution in [-0.4, -0.2) is 56.7 Å². The molecule has 4 saturated carbocycles. The minimum absolute atomic E-state index is 0.168. The molecule has 0 atom stereocenters. The van der Waals surface area contributed by atoms with E-state index in [2.05, 4.69) is 199 Å². The van der Waals surface area contributed by atoms with Gasteiger partial charge in [0.1, 0.15) is 51.2 Å². The van der Waals surface area contributed by atoms with E-state index in [9.17, 15) is 21.0 Å². The van der Waals surface area contributed by atoms with Gasteiger partial charge in [-0.2, -0.15) is 0 Å². The van der Waals surface area contributed by atoms with Crippen molar-refractivity contribution in [2.75, 3.05) is 53.9 Å². The van der Waals surface area contributed by atoms with Crippen LogP contribution in [0, 0.1) is 71.6 Å². The number of methoxy groups -OCH3 is 1. The molecule has 128 heavy (non-hydrogen) atoms. The lowest BCUT2D eigenvalue weighted by atomic mass is 9.88. The van der Waals surface area contributed by atoms with Crippen molar-refractivity contribution in [3.8, 4) is 30.0 Å². The summed E-state index contributed by atoms with van der Waals surface area (Å²) in [6.07, 6.45) is 42.7. The third kappa shape index (κ3) is 23.0. The van der Waals surface area contributed by atoms with E-state index in [4.69, 9.17) is 50.0 Å². The molecule has 640 valence electrons. The highest BCUT2D eigenvalue weighted by Crippen LogP contribution is 2.49. The average Bonchev–Trinajstić information content (AvgIpc) is 1.61. The highest BCUT2D eigenvalue weighted by atomic mass is 16.5. The van der Waals surface area contributed by atoms with Gasteiger partial charge in [-0.05, 0) is 319 Å². The van der Waals surface area contributed by atoms with Gasteiger partial charge in [-0.1, -0.05) is 127 Å². The zero-order valence-corrected chi connectivity index (χ0v) is 73.6. The Balaban J connectivity index is 0.000000146. The molecule has 4 fully saturated rings. The molecular formula is C111H106N12O5. The molecule has 0 aromatic heterocycles. The molecule has 8 aromatic carbocycles. The molecule has 4 aliphatic heterocycles. The van der Waals surface area contributed by atoms with Gasteiger partial charge in [-0.3, -0.25) is 0 Å². The molecule has 0 unspecified atom stereocenters. The summed E-state index contributed by atoms with van der Waals surface area (Å²) in [7, 11) is 5.75. The third-order valence-corrected chi connectivity index (χ3v) is 24.9. The first-order valence-corrected chi connectivity index (χ1v) is 44.1. The van der Waals surface area contributed by atoms with Gasteiger partial charge < -0.3 is 43.3 Å². The van der Waals surface area contributed by atoms with Gasteiger partial charge >= 0.3 is 0 Å². The Kier molecular flexibility index (Phi) is 30.7. The summed E-state index contributed by atoms with van der Waals surface area (Å²) in [5.74, 6) is 3.74.